The molecular formula is C8H6ClF5N2O3S. The maximum Gasteiger partial charge on any atom is 0.573 e. The lowest BCUT2D eigenvalue weighted by Gasteiger charge is -2.16. The zero-order valence-electron chi connectivity index (χ0n) is 9.29. The number of hydrogen-bond acceptors (Lipinski definition) is 5. The van der Waals surface area contributed by atoms with Gasteiger partial charge in [-0.2, -0.15) is 0 Å². The average Bonchev–Trinajstić information content (AvgIpc) is 2.24. The molecule has 0 atom stereocenters. The van der Waals surface area contributed by atoms with Gasteiger partial charge in [-0.1, -0.05) is 0 Å². The van der Waals surface area contributed by atoms with Crippen LogP contribution in [0.1, 0.15) is 17.7 Å². The van der Waals surface area contributed by atoms with E-state index in [2.05, 4.69) is 9.72 Å². The Labute approximate surface area is 113 Å². The van der Waals surface area contributed by atoms with Gasteiger partial charge >= 0.3 is 6.36 Å². The fourth-order valence-electron chi connectivity index (χ4n) is 1.36. The normalized spacial score (nSPS) is 12.8. The van der Waals surface area contributed by atoms with Crippen molar-refractivity contribution in [2.75, 3.05) is 0 Å². The summed E-state index contributed by atoms with van der Waals surface area (Å²) in [7, 11) is 0.144. The summed E-state index contributed by atoms with van der Waals surface area (Å²) in [5.41, 5.74) is 2.97. The molecule has 1 aromatic rings. The molecule has 0 bridgehead atoms. The van der Waals surface area contributed by atoms with Crippen LogP contribution in [0.15, 0.2) is 11.1 Å². The summed E-state index contributed by atoms with van der Waals surface area (Å²) in [6.45, 7) is -0.618. The van der Waals surface area contributed by atoms with Crippen molar-refractivity contribution in [3.8, 4) is 5.75 Å². The molecule has 0 aliphatic heterocycles. The number of rotatable bonds is 4. The van der Waals surface area contributed by atoms with E-state index in [4.69, 9.17) is 16.4 Å². The number of aromatic nitrogens is 1. The SMILES string of the molecule is NCc1ncc(OC(F)(F)F)c(C(F)F)c1S(=O)(=O)Cl. The molecule has 0 aromatic carbocycles. The van der Waals surface area contributed by atoms with E-state index in [9.17, 15) is 30.4 Å². The lowest BCUT2D eigenvalue weighted by molar-refractivity contribution is -0.275. The minimum atomic E-state index is -5.30. The van der Waals surface area contributed by atoms with Crippen molar-refractivity contribution in [2.24, 2.45) is 5.73 Å². The van der Waals surface area contributed by atoms with Crippen LogP contribution in [0.25, 0.3) is 0 Å². The number of hydrogen-bond donors (Lipinski definition) is 1. The van der Waals surface area contributed by atoms with Crippen molar-refractivity contribution >= 4 is 19.7 Å². The Kier molecular flexibility index (Phi) is 4.77. The summed E-state index contributed by atoms with van der Waals surface area (Å²) in [4.78, 5) is 1.96. The van der Waals surface area contributed by atoms with E-state index in [1.807, 2.05) is 0 Å². The molecule has 0 unspecified atom stereocenters. The smallest absolute Gasteiger partial charge is 0.404 e. The highest BCUT2D eigenvalue weighted by Gasteiger charge is 2.37. The van der Waals surface area contributed by atoms with E-state index in [-0.39, 0.29) is 0 Å². The van der Waals surface area contributed by atoms with E-state index >= 15 is 0 Å². The van der Waals surface area contributed by atoms with Crippen molar-refractivity contribution in [3.05, 3.63) is 17.5 Å². The molecule has 5 nitrogen and oxygen atoms in total. The zero-order chi connectivity index (χ0) is 15.7. The van der Waals surface area contributed by atoms with Crippen LogP contribution < -0.4 is 10.5 Å². The summed E-state index contributed by atoms with van der Waals surface area (Å²) in [6.07, 6.45) is -8.59. The van der Waals surface area contributed by atoms with E-state index in [1.54, 1.807) is 0 Å². The topological polar surface area (TPSA) is 82.3 Å². The lowest BCUT2D eigenvalue weighted by Crippen LogP contribution is -2.20. The minimum absolute atomic E-state index is 0.308. The van der Waals surface area contributed by atoms with Crippen molar-refractivity contribution < 1.29 is 35.1 Å². The molecule has 12 heteroatoms. The first-order chi connectivity index (χ1) is 8.97. The molecular weight excluding hydrogens is 335 g/mol. The van der Waals surface area contributed by atoms with Crippen molar-refractivity contribution in [1.29, 1.82) is 0 Å². The Bertz CT molecular complexity index is 605. The third-order valence-electron chi connectivity index (χ3n) is 1.99. The number of nitrogens with two attached hydrogens (primary N) is 1. The second kappa shape index (κ2) is 5.66. The van der Waals surface area contributed by atoms with E-state index < -0.39 is 50.3 Å². The Morgan fingerprint density at radius 1 is 1.40 bits per heavy atom. The number of nitrogens with zero attached hydrogens (tertiary/aromatic N) is 1. The van der Waals surface area contributed by atoms with Gasteiger partial charge in [-0.05, 0) is 0 Å². The summed E-state index contributed by atoms with van der Waals surface area (Å²) in [5, 5.41) is 0. The Balaban J connectivity index is 3.66. The van der Waals surface area contributed by atoms with Gasteiger partial charge < -0.3 is 10.5 Å². The number of alkyl halides is 5. The van der Waals surface area contributed by atoms with Gasteiger partial charge in [-0.25, -0.2) is 17.2 Å². The molecule has 0 radical (unpaired) electrons. The highest BCUT2D eigenvalue weighted by molar-refractivity contribution is 8.13. The first kappa shape index (κ1) is 16.9. The zero-order valence-corrected chi connectivity index (χ0v) is 10.9. The molecule has 0 saturated carbocycles. The summed E-state index contributed by atoms with van der Waals surface area (Å²) < 4.78 is 87.9. The van der Waals surface area contributed by atoms with Crippen LogP contribution in [-0.4, -0.2) is 19.8 Å². The molecule has 1 rings (SSSR count). The standard InChI is InChI=1S/C8H6ClF5N2O3S/c9-20(17,18)6-3(1-15)16-2-4(5(6)7(10)11)19-8(12,13)14/h2,7H,1,15H2. The van der Waals surface area contributed by atoms with E-state index in [0.717, 1.165) is 0 Å². The Morgan fingerprint density at radius 3 is 2.30 bits per heavy atom. The number of ether oxygens (including phenoxy) is 1. The van der Waals surface area contributed by atoms with Gasteiger partial charge in [-0.15, -0.1) is 13.2 Å². The summed E-state index contributed by atoms with van der Waals surface area (Å²) in [6, 6.07) is 0. The molecule has 0 aliphatic rings. The quantitative estimate of drug-likeness (QED) is 0.672. The summed E-state index contributed by atoms with van der Waals surface area (Å²) >= 11 is 0. The van der Waals surface area contributed by atoms with Gasteiger partial charge in [0.1, 0.15) is 4.90 Å². The highest BCUT2D eigenvalue weighted by atomic mass is 35.7. The van der Waals surface area contributed by atoms with Crippen LogP contribution in [0.3, 0.4) is 0 Å². The van der Waals surface area contributed by atoms with Crippen LogP contribution in [0.2, 0.25) is 0 Å². The Hall–Kier alpha value is -1.20. The van der Waals surface area contributed by atoms with Crippen LogP contribution in [0.5, 0.6) is 5.75 Å². The fourth-order valence-corrected chi connectivity index (χ4v) is 2.75. The van der Waals surface area contributed by atoms with Crippen molar-refractivity contribution in [3.63, 3.8) is 0 Å². The van der Waals surface area contributed by atoms with Gasteiger partial charge in [0, 0.05) is 17.2 Å². The minimum Gasteiger partial charge on any atom is -0.404 e. The van der Waals surface area contributed by atoms with Crippen molar-refractivity contribution in [2.45, 2.75) is 24.2 Å². The van der Waals surface area contributed by atoms with Gasteiger partial charge in [0.2, 0.25) is 0 Å². The Morgan fingerprint density at radius 2 is 1.95 bits per heavy atom. The third-order valence-corrected chi connectivity index (χ3v) is 3.40. The largest absolute Gasteiger partial charge is 0.573 e. The predicted molar refractivity (Wildman–Crippen MR) is 56.8 cm³/mol. The fraction of sp³-hybridized carbons (Fsp3) is 0.375. The predicted octanol–water partition coefficient (Wildman–Crippen LogP) is 2.30. The number of halogens is 6. The van der Waals surface area contributed by atoms with Crippen LogP contribution in [0, 0.1) is 0 Å². The molecule has 0 amide bonds. The van der Waals surface area contributed by atoms with Gasteiger partial charge in [0.15, 0.2) is 5.75 Å². The molecule has 1 heterocycles. The van der Waals surface area contributed by atoms with Gasteiger partial charge in [0.05, 0.1) is 17.5 Å². The van der Waals surface area contributed by atoms with E-state index in [0.29, 0.717) is 6.20 Å². The second-order valence-electron chi connectivity index (χ2n) is 3.30. The average molecular weight is 341 g/mol. The second-order valence-corrected chi connectivity index (χ2v) is 5.81. The van der Waals surface area contributed by atoms with Crippen LogP contribution >= 0.6 is 10.7 Å². The van der Waals surface area contributed by atoms with Crippen LogP contribution in [0.4, 0.5) is 22.0 Å². The highest BCUT2D eigenvalue weighted by Crippen LogP contribution is 2.39. The van der Waals surface area contributed by atoms with Crippen molar-refractivity contribution in [1.82, 2.24) is 4.98 Å². The molecule has 114 valence electrons. The maximum absolute atomic E-state index is 12.9. The molecule has 0 aliphatic carbocycles. The van der Waals surface area contributed by atoms with Gasteiger partial charge in [0.25, 0.3) is 15.5 Å². The first-order valence-corrected chi connectivity index (χ1v) is 6.98. The molecule has 0 fully saturated rings. The van der Waals surface area contributed by atoms with Gasteiger partial charge in [-0.3, -0.25) is 4.98 Å². The summed E-state index contributed by atoms with van der Waals surface area (Å²) in [5.74, 6) is -1.45. The molecule has 20 heavy (non-hydrogen) atoms. The lowest BCUT2D eigenvalue weighted by atomic mass is 10.2. The monoisotopic (exact) mass is 340 g/mol. The third kappa shape index (κ3) is 3.90. The number of pyridine rings is 1. The molecule has 0 saturated heterocycles. The molecule has 1 aromatic heterocycles. The molecule has 2 N–H and O–H groups in total. The maximum atomic E-state index is 12.9. The van der Waals surface area contributed by atoms with E-state index in [1.165, 1.54) is 0 Å². The first-order valence-electron chi connectivity index (χ1n) is 4.67. The molecule has 0 spiro atoms. The van der Waals surface area contributed by atoms with Crippen LogP contribution in [-0.2, 0) is 15.6 Å².